The van der Waals surface area contributed by atoms with Crippen LogP contribution in [0.4, 0.5) is 5.69 Å². The van der Waals surface area contributed by atoms with Crippen molar-refractivity contribution in [2.75, 3.05) is 19.8 Å². The third-order valence-corrected chi connectivity index (χ3v) is 4.92. The summed E-state index contributed by atoms with van der Waals surface area (Å²) in [6, 6.07) is 7.53. The fraction of sp³-hybridized carbons (Fsp3) is 0.333. The predicted octanol–water partition coefficient (Wildman–Crippen LogP) is 3.37. The van der Waals surface area contributed by atoms with Gasteiger partial charge in [0.15, 0.2) is 34.6 Å². The van der Waals surface area contributed by atoms with Gasteiger partial charge in [-0.1, -0.05) is 0 Å². The summed E-state index contributed by atoms with van der Waals surface area (Å²) in [6.07, 6.45) is -0.0929. The van der Waals surface area contributed by atoms with Crippen molar-refractivity contribution in [3.05, 3.63) is 51.6 Å². The van der Waals surface area contributed by atoms with Crippen LogP contribution in [0.3, 0.4) is 0 Å². The van der Waals surface area contributed by atoms with Crippen molar-refractivity contribution >= 4 is 17.3 Å². The number of rotatable bonds is 6. The third-order valence-electron chi connectivity index (χ3n) is 4.92. The molecule has 2 aliphatic heterocycles. The summed E-state index contributed by atoms with van der Waals surface area (Å²) in [5.41, 5.74) is 0.155. The van der Waals surface area contributed by atoms with Crippen molar-refractivity contribution in [3.63, 3.8) is 0 Å². The normalized spacial score (nSPS) is 16.6. The van der Waals surface area contributed by atoms with Crippen molar-refractivity contribution in [3.8, 4) is 23.0 Å². The van der Waals surface area contributed by atoms with Crippen LogP contribution in [0.5, 0.6) is 23.0 Å². The number of Topliss-reactive ketones (excluding diaryl/α,β-unsaturated/α-hetero) is 2. The number of ketones is 2. The Morgan fingerprint density at radius 1 is 1.03 bits per heavy atom. The molecule has 4 rings (SSSR count). The van der Waals surface area contributed by atoms with Gasteiger partial charge in [0, 0.05) is 18.1 Å². The lowest BCUT2D eigenvalue weighted by molar-refractivity contribution is -0.385. The van der Waals surface area contributed by atoms with Gasteiger partial charge in [0.1, 0.15) is 25.9 Å². The number of carbonyl (C=O) groups excluding carboxylic acids is 2. The Kier molecular flexibility index (Phi) is 5.26. The van der Waals surface area contributed by atoms with Crippen LogP contribution in [0.15, 0.2) is 30.3 Å². The molecule has 0 saturated heterocycles. The molecular weight excluding hydrogens is 394 g/mol. The molecule has 9 nitrogen and oxygen atoms in total. The molecule has 0 spiro atoms. The average Bonchev–Trinajstić information content (AvgIpc) is 2.75. The minimum absolute atomic E-state index is 0.0241. The number of fused-ring (bicyclic) bond motifs is 2. The maximum absolute atomic E-state index is 12.7. The second kappa shape index (κ2) is 8.02. The van der Waals surface area contributed by atoms with Gasteiger partial charge in [-0.3, -0.25) is 19.7 Å². The van der Waals surface area contributed by atoms with E-state index in [9.17, 15) is 19.7 Å². The Hall–Kier alpha value is -3.62. The van der Waals surface area contributed by atoms with Gasteiger partial charge in [-0.15, -0.1) is 0 Å². The molecule has 0 fully saturated rings. The number of nitro benzene ring substituents is 1. The Morgan fingerprint density at radius 3 is 2.47 bits per heavy atom. The number of hydrogen-bond acceptors (Lipinski definition) is 8. The fourth-order valence-electron chi connectivity index (χ4n) is 3.36. The van der Waals surface area contributed by atoms with Crippen LogP contribution in [0.2, 0.25) is 0 Å². The maximum Gasteiger partial charge on any atom is 0.284 e. The van der Waals surface area contributed by atoms with E-state index in [0.29, 0.717) is 42.4 Å². The molecule has 1 atom stereocenters. The number of ether oxygens (including phenoxy) is 4. The quantitative estimate of drug-likeness (QED) is 0.402. The molecule has 0 N–H and O–H groups in total. The molecule has 0 aliphatic carbocycles. The monoisotopic (exact) mass is 413 g/mol. The highest BCUT2D eigenvalue weighted by Crippen LogP contribution is 2.38. The van der Waals surface area contributed by atoms with E-state index in [1.165, 1.54) is 19.1 Å². The summed E-state index contributed by atoms with van der Waals surface area (Å²) in [5.74, 6) is 1.06. The first-order valence-electron chi connectivity index (χ1n) is 9.48. The molecule has 0 bridgehead atoms. The molecule has 0 radical (unpaired) electrons. The molecule has 1 unspecified atom stereocenters. The molecule has 0 amide bonds. The molecule has 156 valence electrons. The SMILES string of the molecule is CC(=O)c1ccc2c(c1)OC(CCC(=O)c1cc3c(cc1[N+](=O)[O-])OCCO3)CO2. The second-order valence-electron chi connectivity index (χ2n) is 7.00. The first-order chi connectivity index (χ1) is 14.4. The molecular formula is C21H19NO8. The zero-order valence-electron chi connectivity index (χ0n) is 16.2. The number of carbonyl (C=O) groups is 2. The van der Waals surface area contributed by atoms with Crippen molar-refractivity contribution in [1.29, 1.82) is 0 Å². The van der Waals surface area contributed by atoms with Crippen molar-refractivity contribution in [1.82, 2.24) is 0 Å². The summed E-state index contributed by atoms with van der Waals surface area (Å²) in [7, 11) is 0. The van der Waals surface area contributed by atoms with Crippen LogP contribution in [-0.4, -0.2) is 42.4 Å². The van der Waals surface area contributed by atoms with Crippen LogP contribution in [0.25, 0.3) is 0 Å². The minimum Gasteiger partial charge on any atom is -0.486 e. The summed E-state index contributed by atoms with van der Waals surface area (Å²) in [4.78, 5) is 35.1. The second-order valence-corrected chi connectivity index (χ2v) is 7.00. The van der Waals surface area contributed by atoms with Gasteiger partial charge in [0.2, 0.25) is 0 Å². The van der Waals surface area contributed by atoms with Gasteiger partial charge in [-0.25, -0.2) is 0 Å². The van der Waals surface area contributed by atoms with Crippen LogP contribution in [0.1, 0.15) is 40.5 Å². The topological polar surface area (TPSA) is 114 Å². The predicted molar refractivity (Wildman–Crippen MR) is 104 cm³/mol. The van der Waals surface area contributed by atoms with Gasteiger partial charge in [0.05, 0.1) is 16.6 Å². The van der Waals surface area contributed by atoms with E-state index >= 15 is 0 Å². The molecule has 2 aromatic carbocycles. The van der Waals surface area contributed by atoms with Crippen LogP contribution in [-0.2, 0) is 0 Å². The zero-order chi connectivity index (χ0) is 21.3. The van der Waals surface area contributed by atoms with Gasteiger partial charge in [-0.2, -0.15) is 0 Å². The average molecular weight is 413 g/mol. The molecule has 2 heterocycles. The van der Waals surface area contributed by atoms with E-state index in [4.69, 9.17) is 18.9 Å². The Bertz CT molecular complexity index is 1030. The number of benzene rings is 2. The van der Waals surface area contributed by atoms with Gasteiger partial charge < -0.3 is 18.9 Å². The lowest BCUT2D eigenvalue weighted by atomic mass is 10.0. The first-order valence-corrected chi connectivity index (χ1v) is 9.48. The van der Waals surface area contributed by atoms with Gasteiger partial charge in [-0.05, 0) is 31.5 Å². The Labute approximate surface area is 171 Å². The smallest absolute Gasteiger partial charge is 0.284 e. The number of nitro groups is 1. The summed E-state index contributed by atoms with van der Waals surface area (Å²) in [5, 5.41) is 11.4. The summed E-state index contributed by atoms with van der Waals surface area (Å²) >= 11 is 0. The molecule has 9 heteroatoms. The van der Waals surface area contributed by atoms with E-state index in [1.54, 1.807) is 18.2 Å². The molecule has 2 aromatic rings. The summed E-state index contributed by atoms with van der Waals surface area (Å²) in [6.45, 7) is 2.31. The highest BCUT2D eigenvalue weighted by molar-refractivity contribution is 6.00. The van der Waals surface area contributed by atoms with Crippen LogP contribution >= 0.6 is 0 Å². The molecule has 30 heavy (non-hydrogen) atoms. The first kappa shape index (κ1) is 19.7. The van der Waals surface area contributed by atoms with E-state index in [0.717, 1.165) is 0 Å². The third kappa shape index (κ3) is 3.91. The highest BCUT2D eigenvalue weighted by atomic mass is 16.6. The van der Waals surface area contributed by atoms with E-state index in [2.05, 4.69) is 0 Å². The minimum atomic E-state index is -0.606. The maximum atomic E-state index is 12.7. The summed E-state index contributed by atoms with van der Waals surface area (Å²) < 4.78 is 22.3. The van der Waals surface area contributed by atoms with E-state index < -0.39 is 16.8 Å². The fourth-order valence-corrected chi connectivity index (χ4v) is 3.36. The number of hydrogen-bond donors (Lipinski definition) is 0. The Morgan fingerprint density at radius 2 is 1.77 bits per heavy atom. The lowest BCUT2D eigenvalue weighted by Crippen LogP contribution is -2.29. The standard InChI is InChI=1S/C21H19NO8/c1-12(23)13-2-5-18-21(8-13)30-14(11-29-18)3-4-17(24)15-9-19-20(28-7-6-27-19)10-16(15)22(25)26/h2,5,8-10,14H,3-4,6-7,11H2,1H3. The highest BCUT2D eigenvalue weighted by Gasteiger charge is 2.28. The van der Waals surface area contributed by atoms with E-state index in [1.807, 2.05) is 0 Å². The number of nitrogens with zero attached hydrogens (tertiary/aromatic N) is 1. The van der Waals surface area contributed by atoms with Crippen molar-refractivity contribution in [2.24, 2.45) is 0 Å². The lowest BCUT2D eigenvalue weighted by Gasteiger charge is -2.26. The molecule has 0 saturated carbocycles. The van der Waals surface area contributed by atoms with E-state index in [-0.39, 0.29) is 35.8 Å². The Balaban J connectivity index is 1.47. The van der Waals surface area contributed by atoms with Crippen molar-refractivity contribution < 1.29 is 33.5 Å². The zero-order valence-corrected chi connectivity index (χ0v) is 16.2. The van der Waals surface area contributed by atoms with Gasteiger partial charge in [0.25, 0.3) is 5.69 Å². The molecule has 2 aliphatic rings. The molecule has 0 aromatic heterocycles. The van der Waals surface area contributed by atoms with Gasteiger partial charge >= 0.3 is 0 Å². The van der Waals surface area contributed by atoms with Crippen molar-refractivity contribution in [2.45, 2.75) is 25.9 Å². The van der Waals surface area contributed by atoms with Crippen LogP contribution in [0, 0.1) is 10.1 Å². The largest absolute Gasteiger partial charge is 0.486 e. The van der Waals surface area contributed by atoms with Crippen LogP contribution < -0.4 is 18.9 Å².